The fourth-order valence-electron chi connectivity index (χ4n) is 1.71. The Morgan fingerprint density at radius 3 is 2.50 bits per heavy atom. The summed E-state index contributed by atoms with van der Waals surface area (Å²) < 4.78 is 4.71. The molecule has 0 aliphatic heterocycles. The molecule has 18 heavy (non-hydrogen) atoms. The SMILES string of the molecule is CCOC(=O)CC[C@H](NC(=O)C1CCC1)C(=O)O. The average Bonchev–Trinajstić information content (AvgIpc) is 2.21. The quantitative estimate of drug-likeness (QED) is 0.655. The highest BCUT2D eigenvalue weighted by Gasteiger charge is 2.29. The van der Waals surface area contributed by atoms with Crippen LogP contribution in [0.2, 0.25) is 0 Å². The van der Waals surface area contributed by atoms with Crippen LogP contribution < -0.4 is 5.32 Å². The second-order valence-corrected chi connectivity index (χ2v) is 4.37. The van der Waals surface area contributed by atoms with Crippen molar-refractivity contribution in [2.75, 3.05) is 6.61 Å². The maximum absolute atomic E-state index is 11.6. The molecule has 6 nitrogen and oxygen atoms in total. The van der Waals surface area contributed by atoms with Crippen LogP contribution in [0.1, 0.15) is 39.0 Å². The van der Waals surface area contributed by atoms with Gasteiger partial charge in [0.1, 0.15) is 6.04 Å². The molecule has 0 bridgehead atoms. The zero-order valence-corrected chi connectivity index (χ0v) is 10.5. The zero-order valence-electron chi connectivity index (χ0n) is 10.5. The lowest BCUT2D eigenvalue weighted by molar-refractivity contribution is -0.146. The van der Waals surface area contributed by atoms with Crippen LogP contribution in [-0.2, 0) is 19.1 Å². The number of esters is 1. The minimum absolute atomic E-state index is 0.00421. The van der Waals surface area contributed by atoms with Gasteiger partial charge < -0.3 is 15.2 Å². The topological polar surface area (TPSA) is 92.7 Å². The van der Waals surface area contributed by atoms with E-state index in [4.69, 9.17) is 9.84 Å². The molecule has 102 valence electrons. The Balaban J connectivity index is 2.37. The van der Waals surface area contributed by atoms with Gasteiger partial charge in [-0.1, -0.05) is 6.42 Å². The molecule has 1 aliphatic carbocycles. The number of hydrogen-bond donors (Lipinski definition) is 2. The predicted octanol–water partition coefficient (Wildman–Crippen LogP) is 0.699. The molecular weight excluding hydrogens is 238 g/mol. The Morgan fingerprint density at radius 2 is 2.06 bits per heavy atom. The Bertz CT molecular complexity index is 324. The molecule has 0 saturated heterocycles. The van der Waals surface area contributed by atoms with Crippen LogP contribution in [0.5, 0.6) is 0 Å². The molecule has 1 rings (SSSR count). The number of ether oxygens (including phenoxy) is 1. The highest BCUT2D eigenvalue weighted by Crippen LogP contribution is 2.26. The highest BCUT2D eigenvalue weighted by molar-refractivity contribution is 5.85. The third-order valence-corrected chi connectivity index (χ3v) is 3.03. The molecular formula is C12H19NO5. The van der Waals surface area contributed by atoms with Crippen molar-refractivity contribution in [3.8, 4) is 0 Å². The van der Waals surface area contributed by atoms with Crippen molar-refractivity contribution in [2.24, 2.45) is 5.92 Å². The van der Waals surface area contributed by atoms with Crippen molar-refractivity contribution in [3.05, 3.63) is 0 Å². The van der Waals surface area contributed by atoms with Crippen LogP contribution in [0.15, 0.2) is 0 Å². The number of carboxylic acid groups (broad SMARTS) is 1. The van der Waals surface area contributed by atoms with Crippen LogP contribution in [0.3, 0.4) is 0 Å². The largest absolute Gasteiger partial charge is 0.480 e. The molecule has 0 unspecified atom stereocenters. The molecule has 1 saturated carbocycles. The maximum Gasteiger partial charge on any atom is 0.326 e. The Labute approximate surface area is 106 Å². The number of rotatable bonds is 7. The van der Waals surface area contributed by atoms with E-state index in [9.17, 15) is 14.4 Å². The lowest BCUT2D eigenvalue weighted by Crippen LogP contribution is -2.45. The van der Waals surface area contributed by atoms with E-state index < -0.39 is 18.0 Å². The number of hydrogen-bond acceptors (Lipinski definition) is 4. The lowest BCUT2D eigenvalue weighted by Gasteiger charge is -2.26. The first kappa shape index (κ1) is 14.5. The summed E-state index contributed by atoms with van der Waals surface area (Å²) in [5.74, 6) is -1.85. The van der Waals surface area contributed by atoms with Crippen molar-refractivity contribution in [3.63, 3.8) is 0 Å². The van der Waals surface area contributed by atoms with Gasteiger partial charge in [0.25, 0.3) is 0 Å². The van der Waals surface area contributed by atoms with Crippen molar-refractivity contribution < 1.29 is 24.2 Å². The summed E-state index contributed by atoms with van der Waals surface area (Å²) in [6.45, 7) is 1.95. The van der Waals surface area contributed by atoms with Gasteiger partial charge in [0.15, 0.2) is 0 Å². The number of carboxylic acids is 1. The predicted molar refractivity (Wildman–Crippen MR) is 62.8 cm³/mol. The lowest BCUT2D eigenvalue weighted by atomic mass is 9.84. The molecule has 1 atom stereocenters. The van der Waals surface area contributed by atoms with Crippen LogP contribution in [-0.4, -0.2) is 35.6 Å². The number of carbonyl (C=O) groups excluding carboxylic acids is 2. The van der Waals surface area contributed by atoms with E-state index in [0.29, 0.717) is 0 Å². The van der Waals surface area contributed by atoms with E-state index in [-0.39, 0.29) is 31.3 Å². The zero-order chi connectivity index (χ0) is 13.5. The number of carbonyl (C=O) groups is 3. The molecule has 0 aromatic rings. The van der Waals surface area contributed by atoms with Gasteiger partial charge in [-0.05, 0) is 26.2 Å². The second-order valence-electron chi connectivity index (χ2n) is 4.37. The van der Waals surface area contributed by atoms with Crippen molar-refractivity contribution in [1.29, 1.82) is 0 Å². The molecule has 1 amide bonds. The Hall–Kier alpha value is -1.59. The fourth-order valence-corrected chi connectivity index (χ4v) is 1.71. The molecule has 6 heteroatoms. The fraction of sp³-hybridized carbons (Fsp3) is 0.750. The van der Waals surface area contributed by atoms with Gasteiger partial charge in [0, 0.05) is 12.3 Å². The summed E-state index contributed by atoms with van der Waals surface area (Å²) in [6.07, 6.45) is 2.70. The average molecular weight is 257 g/mol. The van der Waals surface area contributed by atoms with E-state index in [1.54, 1.807) is 6.92 Å². The summed E-state index contributed by atoms with van der Waals surface area (Å²) in [4.78, 5) is 33.7. The maximum atomic E-state index is 11.6. The minimum atomic E-state index is -1.12. The third-order valence-electron chi connectivity index (χ3n) is 3.03. The molecule has 1 aliphatic rings. The van der Waals surface area contributed by atoms with E-state index in [1.165, 1.54) is 0 Å². The second kappa shape index (κ2) is 6.98. The van der Waals surface area contributed by atoms with Gasteiger partial charge in [0.05, 0.1) is 6.61 Å². The summed E-state index contributed by atoms with van der Waals surface area (Å²) in [5, 5.41) is 11.4. The summed E-state index contributed by atoms with van der Waals surface area (Å²) in [5.41, 5.74) is 0. The smallest absolute Gasteiger partial charge is 0.326 e. The standard InChI is InChI=1S/C12H19NO5/c1-2-18-10(14)7-6-9(12(16)17)13-11(15)8-4-3-5-8/h8-9H,2-7H2,1H3,(H,13,15)(H,16,17)/t9-/m0/s1. The number of amides is 1. The first-order valence-electron chi connectivity index (χ1n) is 6.23. The van der Waals surface area contributed by atoms with E-state index >= 15 is 0 Å². The minimum Gasteiger partial charge on any atom is -0.480 e. The first-order chi connectivity index (χ1) is 8.54. The van der Waals surface area contributed by atoms with Gasteiger partial charge in [0.2, 0.25) is 5.91 Å². The van der Waals surface area contributed by atoms with E-state index in [2.05, 4.69) is 5.32 Å². The molecule has 0 radical (unpaired) electrons. The van der Waals surface area contributed by atoms with Gasteiger partial charge in [-0.3, -0.25) is 9.59 Å². The van der Waals surface area contributed by atoms with Crippen molar-refractivity contribution in [1.82, 2.24) is 5.32 Å². The number of aliphatic carboxylic acids is 1. The van der Waals surface area contributed by atoms with Gasteiger partial charge in [-0.2, -0.15) is 0 Å². The third kappa shape index (κ3) is 4.35. The molecule has 0 heterocycles. The molecule has 0 spiro atoms. The van der Waals surface area contributed by atoms with Crippen LogP contribution in [0, 0.1) is 5.92 Å². The first-order valence-corrected chi connectivity index (χ1v) is 6.23. The van der Waals surface area contributed by atoms with Gasteiger partial charge in [-0.15, -0.1) is 0 Å². The van der Waals surface area contributed by atoms with Crippen molar-refractivity contribution in [2.45, 2.75) is 45.1 Å². The number of nitrogens with one attached hydrogen (secondary N) is 1. The molecule has 1 fully saturated rings. The molecule has 0 aromatic carbocycles. The monoisotopic (exact) mass is 257 g/mol. The highest BCUT2D eigenvalue weighted by atomic mass is 16.5. The van der Waals surface area contributed by atoms with Crippen LogP contribution in [0.25, 0.3) is 0 Å². The summed E-state index contributed by atoms with van der Waals surface area (Å²) >= 11 is 0. The molecule has 0 aromatic heterocycles. The summed E-state index contributed by atoms with van der Waals surface area (Å²) in [7, 11) is 0. The summed E-state index contributed by atoms with van der Waals surface area (Å²) in [6, 6.07) is -1.01. The Morgan fingerprint density at radius 1 is 1.39 bits per heavy atom. The van der Waals surface area contributed by atoms with Gasteiger partial charge in [-0.25, -0.2) is 4.79 Å². The molecule has 2 N–H and O–H groups in total. The van der Waals surface area contributed by atoms with Gasteiger partial charge >= 0.3 is 11.9 Å². The van der Waals surface area contributed by atoms with Crippen LogP contribution in [0.4, 0.5) is 0 Å². The van der Waals surface area contributed by atoms with Crippen LogP contribution >= 0.6 is 0 Å². The normalized spacial score (nSPS) is 16.5. The van der Waals surface area contributed by atoms with E-state index in [1.807, 2.05) is 0 Å². The Kier molecular flexibility index (Phi) is 5.61. The van der Waals surface area contributed by atoms with Crippen molar-refractivity contribution >= 4 is 17.8 Å². The van der Waals surface area contributed by atoms with E-state index in [0.717, 1.165) is 19.3 Å².